The van der Waals surface area contributed by atoms with E-state index < -0.39 is 23.1 Å². The Morgan fingerprint density at radius 1 is 1.71 bits per heavy atom. The van der Waals surface area contributed by atoms with E-state index >= 15 is 0 Å². The highest BCUT2D eigenvalue weighted by Crippen LogP contribution is 2.18. The van der Waals surface area contributed by atoms with Gasteiger partial charge >= 0.3 is 5.97 Å². The number of halogens is 2. The SMILES string of the molecule is CC(=O)N[C@@H](CSC(F)=CCl)C(=O)O. The largest absolute Gasteiger partial charge is 0.480 e. The molecule has 1 atom stereocenters. The van der Waals surface area contributed by atoms with Crippen molar-refractivity contribution in [1.82, 2.24) is 5.32 Å². The van der Waals surface area contributed by atoms with Crippen LogP contribution in [0.5, 0.6) is 0 Å². The normalized spacial score (nSPS) is 13.5. The molecular weight excluding hydrogens is 233 g/mol. The maximum Gasteiger partial charge on any atom is 0.327 e. The molecule has 0 aromatic heterocycles. The van der Waals surface area contributed by atoms with Crippen molar-refractivity contribution in [3.8, 4) is 0 Å². The van der Waals surface area contributed by atoms with Crippen LogP contribution in [0.25, 0.3) is 0 Å². The summed E-state index contributed by atoms with van der Waals surface area (Å²) in [6.07, 6.45) is 0. The number of thioether (sulfide) groups is 1. The summed E-state index contributed by atoms with van der Waals surface area (Å²) in [6, 6.07) is -1.11. The minimum Gasteiger partial charge on any atom is -0.480 e. The lowest BCUT2D eigenvalue weighted by molar-refractivity contribution is -0.140. The molecule has 2 N–H and O–H groups in total. The van der Waals surface area contributed by atoms with Crippen molar-refractivity contribution >= 4 is 35.2 Å². The Bertz CT molecular complexity index is 259. The molecular formula is C7H9ClFNO3S. The van der Waals surface area contributed by atoms with Crippen molar-refractivity contribution in [2.45, 2.75) is 13.0 Å². The molecule has 0 aliphatic carbocycles. The summed E-state index contributed by atoms with van der Waals surface area (Å²) in [5.41, 5.74) is 0.706. The summed E-state index contributed by atoms with van der Waals surface area (Å²) in [6.45, 7) is 1.19. The molecule has 0 unspecified atom stereocenters. The number of hydrogen-bond donors (Lipinski definition) is 2. The lowest BCUT2D eigenvalue weighted by Crippen LogP contribution is -2.41. The molecule has 0 spiro atoms. The average molecular weight is 242 g/mol. The second-order valence-electron chi connectivity index (χ2n) is 2.32. The van der Waals surface area contributed by atoms with Crippen molar-refractivity contribution in [1.29, 1.82) is 0 Å². The summed E-state index contributed by atoms with van der Waals surface area (Å²) in [4.78, 5) is 21.1. The Hall–Kier alpha value is -0.750. The van der Waals surface area contributed by atoms with E-state index in [0.717, 1.165) is 0 Å². The third-order valence-electron chi connectivity index (χ3n) is 1.15. The maximum absolute atomic E-state index is 12.5. The molecule has 0 aliphatic heterocycles. The monoisotopic (exact) mass is 241 g/mol. The van der Waals surface area contributed by atoms with Crippen LogP contribution in [0.15, 0.2) is 10.7 Å². The van der Waals surface area contributed by atoms with Crippen LogP contribution in [0, 0.1) is 0 Å². The van der Waals surface area contributed by atoms with Crippen LogP contribution in [0.3, 0.4) is 0 Å². The van der Waals surface area contributed by atoms with Gasteiger partial charge in [0.05, 0.1) is 0 Å². The molecule has 14 heavy (non-hydrogen) atoms. The van der Waals surface area contributed by atoms with Gasteiger partial charge in [-0.15, -0.1) is 0 Å². The van der Waals surface area contributed by atoms with Crippen molar-refractivity contribution in [3.63, 3.8) is 0 Å². The fraction of sp³-hybridized carbons (Fsp3) is 0.429. The number of amides is 1. The number of rotatable bonds is 5. The van der Waals surface area contributed by atoms with Crippen LogP contribution < -0.4 is 5.32 Å². The van der Waals surface area contributed by atoms with Crippen LogP contribution in [0.1, 0.15) is 6.92 Å². The molecule has 0 fully saturated rings. The Balaban J connectivity index is 4.11. The van der Waals surface area contributed by atoms with Gasteiger partial charge in [0.25, 0.3) is 0 Å². The van der Waals surface area contributed by atoms with Gasteiger partial charge < -0.3 is 10.4 Å². The molecule has 0 heterocycles. The molecule has 1 amide bonds. The highest BCUT2D eigenvalue weighted by atomic mass is 35.5. The first-order chi connectivity index (χ1) is 6.47. The van der Waals surface area contributed by atoms with Crippen LogP contribution in [-0.2, 0) is 9.59 Å². The van der Waals surface area contributed by atoms with E-state index in [0.29, 0.717) is 17.3 Å². The van der Waals surface area contributed by atoms with E-state index in [2.05, 4.69) is 5.32 Å². The zero-order chi connectivity index (χ0) is 11.1. The fourth-order valence-electron chi connectivity index (χ4n) is 0.614. The lowest BCUT2D eigenvalue weighted by atomic mass is 10.3. The molecule has 0 bridgehead atoms. The molecule has 7 heteroatoms. The summed E-state index contributed by atoms with van der Waals surface area (Å²) in [5.74, 6) is -1.80. The predicted molar refractivity (Wildman–Crippen MR) is 52.7 cm³/mol. The van der Waals surface area contributed by atoms with Gasteiger partial charge in [-0.2, -0.15) is 4.39 Å². The van der Waals surface area contributed by atoms with E-state index in [1.165, 1.54) is 6.92 Å². The Morgan fingerprint density at radius 2 is 2.29 bits per heavy atom. The molecule has 4 nitrogen and oxygen atoms in total. The molecule has 0 radical (unpaired) electrons. The highest BCUT2D eigenvalue weighted by Gasteiger charge is 2.18. The number of hydrogen-bond acceptors (Lipinski definition) is 3. The minimum atomic E-state index is -1.21. The topological polar surface area (TPSA) is 66.4 Å². The zero-order valence-corrected chi connectivity index (χ0v) is 8.86. The maximum atomic E-state index is 12.5. The molecule has 0 saturated carbocycles. The van der Waals surface area contributed by atoms with Gasteiger partial charge in [-0.25, -0.2) is 4.79 Å². The first-order valence-corrected chi connectivity index (χ1v) is 4.98. The van der Waals surface area contributed by atoms with Crippen LogP contribution >= 0.6 is 23.4 Å². The predicted octanol–water partition coefficient (Wildman–Crippen LogP) is 1.32. The number of carboxylic acid groups (broad SMARTS) is 1. The zero-order valence-electron chi connectivity index (χ0n) is 7.29. The Kier molecular flexibility index (Phi) is 6.31. The Morgan fingerprint density at radius 3 is 2.64 bits per heavy atom. The van der Waals surface area contributed by atoms with Crippen molar-refractivity contribution in [2.24, 2.45) is 0 Å². The van der Waals surface area contributed by atoms with E-state index in [1.807, 2.05) is 0 Å². The van der Waals surface area contributed by atoms with Crippen LogP contribution in [0.4, 0.5) is 4.39 Å². The third-order valence-corrected chi connectivity index (χ3v) is 2.36. The van der Waals surface area contributed by atoms with Crippen LogP contribution in [-0.4, -0.2) is 28.8 Å². The molecule has 0 aromatic rings. The first kappa shape index (κ1) is 13.2. The standard InChI is InChI=1S/C7H9ClFNO3S/c1-4(11)10-5(7(12)13)3-14-6(9)2-8/h2,5H,3H2,1H3,(H,10,11)(H,12,13)/t5-/m0/s1. The third kappa shape index (κ3) is 5.82. The summed E-state index contributed by atoms with van der Waals surface area (Å²) in [7, 11) is 0. The summed E-state index contributed by atoms with van der Waals surface area (Å²) >= 11 is 5.65. The van der Waals surface area contributed by atoms with E-state index in [-0.39, 0.29) is 5.75 Å². The number of aliphatic carboxylic acids is 1. The van der Waals surface area contributed by atoms with Gasteiger partial charge in [0.1, 0.15) is 6.04 Å². The quantitative estimate of drug-likeness (QED) is 0.762. The lowest BCUT2D eigenvalue weighted by Gasteiger charge is -2.11. The van der Waals surface area contributed by atoms with E-state index in [1.54, 1.807) is 0 Å². The molecule has 80 valence electrons. The molecule has 0 rings (SSSR count). The highest BCUT2D eigenvalue weighted by molar-refractivity contribution is 8.02. The second-order valence-corrected chi connectivity index (χ2v) is 3.55. The number of carbonyl (C=O) groups excluding carboxylic acids is 1. The second kappa shape index (κ2) is 6.67. The van der Waals surface area contributed by atoms with Crippen molar-refractivity contribution < 1.29 is 19.1 Å². The number of carbonyl (C=O) groups is 2. The van der Waals surface area contributed by atoms with Gasteiger partial charge in [0.15, 0.2) is 5.16 Å². The Labute approximate surface area is 89.5 Å². The molecule has 0 saturated heterocycles. The van der Waals surface area contributed by atoms with Gasteiger partial charge in [0, 0.05) is 18.2 Å². The average Bonchev–Trinajstić information content (AvgIpc) is 2.10. The fourth-order valence-corrected chi connectivity index (χ4v) is 1.42. The van der Waals surface area contributed by atoms with Gasteiger partial charge in [0.2, 0.25) is 5.91 Å². The van der Waals surface area contributed by atoms with Gasteiger partial charge in [-0.05, 0) is 0 Å². The summed E-state index contributed by atoms with van der Waals surface area (Å²) < 4.78 is 12.5. The van der Waals surface area contributed by atoms with Gasteiger partial charge in [-0.1, -0.05) is 23.4 Å². The van der Waals surface area contributed by atoms with E-state index in [4.69, 9.17) is 16.7 Å². The van der Waals surface area contributed by atoms with Crippen molar-refractivity contribution in [3.05, 3.63) is 10.7 Å². The van der Waals surface area contributed by atoms with E-state index in [9.17, 15) is 14.0 Å². The number of nitrogens with one attached hydrogen (secondary N) is 1. The van der Waals surface area contributed by atoms with Crippen molar-refractivity contribution in [2.75, 3.05) is 5.75 Å². The van der Waals surface area contributed by atoms with Gasteiger partial charge in [-0.3, -0.25) is 4.79 Å². The number of carboxylic acids is 1. The first-order valence-electron chi connectivity index (χ1n) is 3.56. The molecule has 0 aliphatic rings. The smallest absolute Gasteiger partial charge is 0.327 e. The molecule has 0 aromatic carbocycles. The minimum absolute atomic E-state index is 0.107. The van der Waals surface area contributed by atoms with Crippen LogP contribution in [0.2, 0.25) is 0 Å². The summed E-state index contributed by atoms with van der Waals surface area (Å²) in [5, 5.41) is 10.1.